The van der Waals surface area contributed by atoms with Gasteiger partial charge in [0, 0.05) is 37.9 Å². The lowest BCUT2D eigenvalue weighted by molar-refractivity contribution is -0.131. The largest absolute Gasteiger partial charge is 0.378 e. The van der Waals surface area contributed by atoms with Gasteiger partial charge in [0.25, 0.3) is 0 Å². The molecule has 0 radical (unpaired) electrons. The number of nitrogens with zero attached hydrogens (tertiary/aromatic N) is 1. The van der Waals surface area contributed by atoms with Crippen molar-refractivity contribution in [1.29, 1.82) is 0 Å². The maximum atomic E-state index is 11.9. The fourth-order valence-electron chi connectivity index (χ4n) is 2.04. The first-order chi connectivity index (χ1) is 8.27. The molecule has 0 aromatic rings. The van der Waals surface area contributed by atoms with Crippen molar-refractivity contribution in [3.8, 4) is 0 Å². The number of rotatable bonds is 7. The molecule has 0 spiro atoms. The number of hydrogen-bond donors (Lipinski definition) is 0. The van der Waals surface area contributed by atoms with Crippen LogP contribution in [0.15, 0.2) is 0 Å². The summed E-state index contributed by atoms with van der Waals surface area (Å²) in [5.41, 5.74) is 0. The second-order valence-electron chi connectivity index (χ2n) is 4.29. The molecule has 5 heteroatoms. The van der Waals surface area contributed by atoms with Crippen molar-refractivity contribution >= 4 is 29.1 Å². The van der Waals surface area contributed by atoms with Crippen molar-refractivity contribution in [2.75, 3.05) is 31.5 Å². The average Bonchev–Trinajstić information content (AvgIpc) is 2.37. The van der Waals surface area contributed by atoms with E-state index in [2.05, 4.69) is 0 Å². The highest BCUT2D eigenvalue weighted by Crippen LogP contribution is 2.17. The smallest absolute Gasteiger partial charge is 0.222 e. The van der Waals surface area contributed by atoms with Gasteiger partial charge in [-0.3, -0.25) is 4.79 Å². The van der Waals surface area contributed by atoms with Crippen LogP contribution in [0.25, 0.3) is 0 Å². The first kappa shape index (κ1) is 15.1. The molecule has 1 rings (SSSR count). The van der Waals surface area contributed by atoms with E-state index in [0.717, 1.165) is 25.9 Å². The van der Waals surface area contributed by atoms with Crippen LogP contribution in [0, 0.1) is 0 Å². The van der Waals surface area contributed by atoms with Crippen LogP contribution in [0.2, 0.25) is 0 Å². The molecule has 0 N–H and O–H groups in total. The summed E-state index contributed by atoms with van der Waals surface area (Å²) in [6.07, 6.45) is 5.07. The molecule has 1 atom stereocenters. The number of carbonyl (C=O) groups is 1. The van der Waals surface area contributed by atoms with Gasteiger partial charge in [-0.15, -0.1) is 23.2 Å². The lowest BCUT2D eigenvalue weighted by Crippen LogP contribution is -2.35. The summed E-state index contributed by atoms with van der Waals surface area (Å²) in [5.74, 6) is 1.06. The van der Waals surface area contributed by atoms with Gasteiger partial charge in [0.15, 0.2) is 0 Å². The molecule has 0 saturated carbocycles. The summed E-state index contributed by atoms with van der Waals surface area (Å²) in [4.78, 5) is 13.7. The highest BCUT2D eigenvalue weighted by Gasteiger charge is 2.18. The second-order valence-corrected chi connectivity index (χ2v) is 5.04. The van der Waals surface area contributed by atoms with Gasteiger partial charge in [-0.05, 0) is 25.7 Å². The first-order valence-corrected chi connectivity index (χ1v) is 7.36. The van der Waals surface area contributed by atoms with E-state index in [1.807, 2.05) is 0 Å². The Hall–Kier alpha value is 0.01000. The predicted molar refractivity (Wildman–Crippen MR) is 70.8 cm³/mol. The van der Waals surface area contributed by atoms with Crippen molar-refractivity contribution < 1.29 is 9.53 Å². The molecule has 1 unspecified atom stereocenters. The van der Waals surface area contributed by atoms with Crippen molar-refractivity contribution in [2.45, 2.75) is 38.2 Å². The van der Waals surface area contributed by atoms with Crippen LogP contribution in [0.3, 0.4) is 0 Å². The topological polar surface area (TPSA) is 29.5 Å². The Kier molecular flexibility index (Phi) is 7.99. The number of hydrogen-bond acceptors (Lipinski definition) is 2. The Morgan fingerprint density at radius 2 is 1.94 bits per heavy atom. The monoisotopic (exact) mass is 281 g/mol. The van der Waals surface area contributed by atoms with E-state index < -0.39 is 0 Å². The molecule has 17 heavy (non-hydrogen) atoms. The third-order valence-electron chi connectivity index (χ3n) is 3.02. The maximum absolute atomic E-state index is 11.9. The highest BCUT2D eigenvalue weighted by atomic mass is 35.5. The lowest BCUT2D eigenvalue weighted by atomic mass is 10.0. The third-order valence-corrected chi connectivity index (χ3v) is 3.35. The van der Waals surface area contributed by atoms with Gasteiger partial charge in [0.05, 0.1) is 6.10 Å². The number of alkyl halides is 2. The molecule has 1 amide bonds. The third kappa shape index (κ3) is 5.94. The first-order valence-electron chi connectivity index (χ1n) is 6.29. The van der Waals surface area contributed by atoms with E-state index in [0.29, 0.717) is 31.3 Å². The summed E-state index contributed by atoms with van der Waals surface area (Å²) < 4.78 is 5.61. The van der Waals surface area contributed by atoms with Crippen LogP contribution in [-0.4, -0.2) is 48.4 Å². The summed E-state index contributed by atoms with van der Waals surface area (Å²) in [6, 6.07) is 0. The van der Waals surface area contributed by atoms with E-state index in [1.54, 1.807) is 4.90 Å². The second kappa shape index (κ2) is 9.01. The zero-order valence-electron chi connectivity index (χ0n) is 10.2. The van der Waals surface area contributed by atoms with E-state index in [4.69, 9.17) is 27.9 Å². The molecule has 0 bridgehead atoms. The van der Waals surface area contributed by atoms with Gasteiger partial charge in [-0.1, -0.05) is 0 Å². The normalized spacial score (nSPS) is 20.2. The van der Waals surface area contributed by atoms with Gasteiger partial charge in [-0.2, -0.15) is 0 Å². The van der Waals surface area contributed by atoms with E-state index in [1.165, 1.54) is 6.42 Å². The molecule has 1 aliphatic heterocycles. The van der Waals surface area contributed by atoms with E-state index in [-0.39, 0.29) is 12.0 Å². The molecular weight excluding hydrogens is 261 g/mol. The number of ether oxygens (including phenoxy) is 1. The van der Waals surface area contributed by atoms with E-state index >= 15 is 0 Å². The summed E-state index contributed by atoms with van der Waals surface area (Å²) in [7, 11) is 0. The standard InChI is InChI=1S/C12H21Cl2NO2/c13-6-8-15(9-7-14)12(16)5-4-11-3-1-2-10-17-11/h11H,1-10H2. The Morgan fingerprint density at radius 1 is 1.24 bits per heavy atom. The van der Waals surface area contributed by atoms with Gasteiger partial charge >= 0.3 is 0 Å². The van der Waals surface area contributed by atoms with Crippen molar-refractivity contribution in [1.82, 2.24) is 4.90 Å². The Balaban J connectivity index is 2.25. The van der Waals surface area contributed by atoms with Crippen LogP contribution in [0.4, 0.5) is 0 Å². The van der Waals surface area contributed by atoms with Gasteiger partial charge in [0.1, 0.15) is 0 Å². The lowest BCUT2D eigenvalue weighted by Gasteiger charge is -2.24. The fraction of sp³-hybridized carbons (Fsp3) is 0.917. The molecule has 0 aliphatic carbocycles. The van der Waals surface area contributed by atoms with Crippen LogP contribution < -0.4 is 0 Å². The van der Waals surface area contributed by atoms with Gasteiger partial charge < -0.3 is 9.64 Å². The molecular formula is C12H21Cl2NO2. The molecule has 1 fully saturated rings. The zero-order valence-corrected chi connectivity index (χ0v) is 11.7. The van der Waals surface area contributed by atoms with Crippen molar-refractivity contribution in [3.05, 3.63) is 0 Å². The summed E-state index contributed by atoms with van der Waals surface area (Å²) in [6.45, 7) is 2.00. The molecule has 1 aliphatic rings. The minimum atomic E-state index is 0.139. The molecule has 3 nitrogen and oxygen atoms in total. The van der Waals surface area contributed by atoms with Crippen molar-refractivity contribution in [3.63, 3.8) is 0 Å². The molecule has 100 valence electrons. The zero-order chi connectivity index (χ0) is 12.5. The minimum absolute atomic E-state index is 0.139. The number of carbonyl (C=O) groups excluding carboxylic acids is 1. The summed E-state index contributed by atoms with van der Waals surface area (Å²) in [5, 5.41) is 0. The maximum Gasteiger partial charge on any atom is 0.222 e. The minimum Gasteiger partial charge on any atom is -0.378 e. The highest BCUT2D eigenvalue weighted by molar-refractivity contribution is 6.18. The van der Waals surface area contributed by atoms with Crippen LogP contribution in [-0.2, 0) is 9.53 Å². The van der Waals surface area contributed by atoms with Gasteiger partial charge in [-0.25, -0.2) is 0 Å². The van der Waals surface area contributed by atoms with Crippen LogP contribution >= 0.6 is 23.2 Å². The van der Waals surface area contributed by atoms with Crippen molar-refractivity contribution in [2.24, 2.45) is 0 Å². The Bertz CT molecular complexity index is 215. The molecule has 1 saturated heterocycles. The quantitative estimate of drug-likeness (QED) is 0.672. The van der Waals surface area contributed by atoms with Gasteiger partial charge in [0.2, 0.25) is 5.91 Å². The Labute approximate surface area is 113 Å². The fourth-order valence-corrected chi connectivity index (χ4v) is 2.45. The SMILES string of the molecule is O=C(CCC1CCCCO1)N(CCCl)CCCl. The summed E-state index contributed by atoms with van der Waals surface area (Å²) >= 11 is 11.3. The predicted octanol–water partition coefficient (Wildman–Crippen LogP) is 2.64. The molecule has 0 aromatic heterocycles. The molecule has 1 heterocycles. The van der Waals surface area contributed by atoms with Crippen LogP contribution in [0.5, 0.6) is 0 Å². The number of amides is 1. The number of halogens is 2. The van der Waals surface area contributed by atoms with E-state index in [9.17, 15) is 4.79 Å². The average molecular weight is 282 g/mol. The molecule has 0 aromatic carbocycles. The van der Waals surface area contributed by atoms with Crippen LogP contribution in [0.1, 0.15) is 32.1 Å². The Morgan fingerprint density at radius 3 is 2.47 bits per heavy atom.